The second-order valence-electron chi connectivity index (χ2n) is 10.2. The maximum atomic E-state index is 14.7. The third kappa shape index (κ3) is 6.67. The monoisotopic (exact) mass is 588 g/mol. The van der Waals surface area contributed by atoms with Gasteiger partial charge in [-0.1, -0.05) is 30.3 Å². The summed E-state index contributed by atoms with van der Waals surface area (Å²) in [5.74, 6) is -3.98. The average molecular weight is 589 g/mol. The number of benzene rings is 2. The summed E-state index contributed by atoms with van der Waals surface area (Å²) in [6, 6.07) is 12.7. The summed E-state index contributed by atoms with van der Waals surface area (Å²) in [4.78, 5) is 50.1. The van der Waals surface area contributed by atoms with Gasteiger partial charge >= 0.3 is 12.1 Å². The Morgan fingerprint density at radius 3 is 2.21 bits per heavy atom. The molecule has 2 aromatic carbocycles. The molecular formula is C29H28F4N4O5. The first kappa shape index (κ1) is 30.4. The molecule has 1 fully saturated rings. The van der Waals surface area contributed by atoms with Crippen molar-refractivity contribution in [3.05, 3.63) is 97.7 Å². The molecule has 2 aliphatic rings. The standard InChI is InChI=1S/C27H27FN4O3.C2HF3O2/c1-16-17(2)26(34)30-29-24(16)12-18-7-8-23(28)22(11-18)27(35)31-9-10-32(25(33)15-31)21-13-19-5-3-4-6-20(19)14-21;3-2(4,5)1(6)7/h3-8,11,21H,9-10,12-15H2,1-2H3,(H,30,34);(H,6,7). The number of hydrogen-bond acceptors (Lipinski definition) is 5. The van der Waals surface area contributed by atoms with E-state index in [2.05, 4.69) is 22.3 Å². The van der Waals surface area contributed by atoms with Gasteiger partial charge in [0.1, 0.15) is 12.4 Å². The molecule has 5 rings (SSSR count). The zero-order chi connectivity index (χ0) is 30.8. The lowest BCUT2D eigenvalue weighted by Gasteiger charge is -2.37. The van der Waals surface area contributed by atoms with Gasteiger partial charge in [0.25, 0.3) is 11.5 Å². The first-order valence-corrected chi connectivity index (χ1v) is 13.0. The van der Waals surface area contributed by atoms with E-state index in [9.17, 15) is 31.9 Å². The van der Waals surface area contributed by atoms with Crippen LogP contribution < -0.4 is 5.56 Å². The van der Waals surface area contributed by atoms with Crippen LogP contribution in [0.4, 0.5) is 17.6 Å². The van der Waals surface area contributed by atoms with Gasteiger partial charge in [-0.3, -0.25) is 14.4 Å². The molecule has 0 spiro atoms. The van der Waals surface area contributed by atoms with Crippen molar-refractivity contribution < 1.29 is 37.1 Å². The van der Waals surface area contributed by atoms with Crippen LogP contribution in [0.5, 0.6) is 0 Å². The second kappa shape index (κ2) is 12.1. The molecule has 42 heavy (non-hydrogen) atoms. The van der Waals surface area contributed by atoms with Gasteiger partial charge in [0.2, 0.25) is 5.91 Å². The van der Waals surface area contributed by atoms with E-state index < -0.39 is 23.9 Å². The van der Waals surface area contributed by atoms with Gasteiger partial charge in [-0.25, -0.2) is 14.3 Å². The molecule has 1 aliphatic carbocycles. The number of aromatic nitrogens is 2. The molecule has 3 aromatic rings. The van der Waals surface area contributed by atoms with Gasteiger partial charge in [-0.15, -0.1) is 0 Å². The molecule has 2 N–H and O–H groups in total. The van der Waals surface area contributed by atoms with E-state index in [0.717, 1.165) is 18.4 Å². The van der Waals surface area contributed by atoms with Gasteiger partial charge in [-0.05, 0) is 61.1 Å². The van der Waals surface area contributed by atoms with Crippen molar-refractivity contribution in [1.29, 1.82) is 0 Å². The number of piperazine rings is 1. The van der Waals surface area contributed by atoms with Crippen LogP contribution in [0.3, 0.4) is 0 Å². The van der Waals surface area contributed by atoms with E-state index in [1.807, 2.05) is 24.0 Å². The van der Waals surface area contributed by atoms with E-state index >= 15 is 0 Å². The lowest BCUT2D eigenvalue weighted by Crippen LogP contribution is -2.55. The maximum absolute atomic E-state index is 14.7. The van der Waals surface area contributed by atoms with Crippen LogP contribution in [0.15, 0.2) is 47.3 Å². The van der Waals surface area contributed by atoms with Crippen LogP contribution in [0.25, 0.3) is 0 Å². The minimum Gasteiger partial charge on any atom is -0.475 e. The number of aliphatic carboxylic acids is 1. The number of H-pyrrole nitrogens is 1. The van der Waals surface area contributed by atoms with E-state index in [-0.39, 0.29) is 29.6 Å². The molecular weight excluding hydrogens is 560 g/mol. The van der Waals surface area contributed by atoms with Crippen LogP contribution in [-0.4, -0.2) is 74.7 Å². The first-order valence-electron chi connectivity index (χ1n) is 13.0. The largest absolute Gasteiger partial charge is 0.490 e. The molecule has 13 heteroatoms. The van der Waals surface area contributed by atoms with Crippen molar-refractivity contribution >= 4 is 17.8 Å². The first-order chi connectivity index (χ1) is 19.8. The van der Waals surface area contributed by atoms with Crippen LogP contribution in [0.2, 0.25) is 0 Å². The van der Waals surface area contributed by atoms with Crippen molar-refractivity contribution in [2.75, 3.05) is 19.6 Å². The van der Waals surface area contributed by atoms with Crippen molar-refractivity contribution in [2.45, 2.75) is 45.3 Å². The van der Waals surface area contributed by atoms with Gasteiger partial charge in [0.05, 0.1) is 11.3 Å². The third-order valence-corrected chi connectivity index (χ3v) is 7.52. The number of fused-ring (bicyclic) bond motifs is 1. The number of carbonyl (C=O) groups excluding carboxylic acids is 2. The Bertz CT molecular complexity index is 1560. The number of nitrogens with one attached hydrogen (secondary N) is 1. The van der Waals surface area contributed by atoms with E-state index in [4.69, 9.17) is 9.90 Å². The number of carbonyl (C=O) groups is 3. The molecule has 9 nitrogen and oxygen atoms in total. The number of carboxylic acids is 1. The SMILES string of the molecule is Cc1c(Cc2ccc(F)c(C(=O)N3CCN(C4Cc5ccccc5C4)C(=O)C3)c2)n[nH]c(=O)c1C.O=C(O)C(F)(F)F. The fraction of sp³-hybridized carbons (Fsp3) is 0.345. The van der Waals surface area contributed by atoms with Gasteiger partial charge in [0, 0.05) is 31.1 Å². The van der Waals surface area contributed by atoms with Gasteiger partial charge in [0.15, 0.2) is 0 Å². The summed E-state index contributed by atoms with van der Waals surface area (Å²) >= 11 is 0. The number of nitrogens with zero attached hydrogens (tertiary/aromatic N) is 3. The Labute approximate surface area is 237 Å². The fourth-order valence-electron chi connectivity index (χ4n) is 5.06. The maximum Gasteiger partial charge on any atom is 0.490 e. The molecule has 0 bridgehead atoms. The molecule has 0 radical (unpaired) electrons. The molecule has 222 valence electrons. The normalized spacial score (nSPS) is 15.2. The molecule has 2 amide bonds. The van der Waals surface area contributed by atoms with Crippen molar-refractivity contribution in [2.24, 2.45) is 0 Å². The average Bonchev–Trinajstić information content (AvgIpc) is 3.37. The summed E-state index contributed by atoms with van der Waals surface area (Å²) in [6.07, 6.45) is -3.09. The molecule has 1 aliphatic heterocycles. The highest BCUT2D eigenvalue weighted by Crippen LogP contribution is 2.27. The molecule has 2 heterocycles. The topological polar surface area (TPSA) is 124 Å². The highest BCUT2D eigenvalue weighted by molar-refractivity contribution is 5.97. The van der Waals surface area contributed by atoms with Gasteiger partial charge in [-0.2, -0.15) is 18.3 Å². The number of carboxylic acid groups (broad SMARTS) is 1. The summed E-state index contributed by atoms with van der Waals surface area (Å²) < 4.78 is 46.4. The number of halogens is 4. The molecule has 0 unspecified atom stereocenters. The number of amides is 2. The summed E-state index contributed by atoms with van der Waals surface area (Å²) in [5.41, 5.74) is 4.94. The molecule has 1 aromatic heterocycles. The Hall–Kier alpha value is -4.55. The Morgan fingerprint density at radius 1 is 1.02 bits per heavy atom. The minimum absolute atomic E-state index is 0.0594. The van der Waals surface area contributed by atoms with Crippen LogP contribution in [0.1, 0.15) is 43.9 Å². The number of aromatic amines is 1. The summed E-state index contributed by atoms with van der Waals surface area (Å²) in [6.45, 7) is 4.27. The van der Waals surface area contributed by atoms with E-state index in [0.29, 0.717) is 36.3 Å². The van der Waals surface area contributed by atoms with E-state index in [1.54, 1.807) is 13.0 Å². The number of hydrogen-bond donors (Lipinski definition) is 2. The zero-order valence-electron chi connectivity index (χ0n) is 22.8. The lowest BCUT2D eigenvalue weighted by molar-refractivity contribution is -0.192. The van der Waals surface area contributed by atoms with Gasteiger partial charge < -0.3 is 14.9 Å². The number of alkyl halides is 3. The molecule has 1 saturated heterocycles. The molecule has 0 atom stereocenters. The van der Waals surface area contributed by atoms with Crippen molar-refractivity contribution in [3.8, 4) is 0 Å². The predicted octanol–water partition coefficient (Wildman–Crippen LogP) is 3.20. The second-order valence-corrected chi connectivity index (χ2v) is 10.2. The smallest absolute Gasteiger partial charge is 0.475 e. The van der Waals surface area contributed by atoms with Crippen LogP contribution in [-0.2, 0) is 28.9 Å². The third-order valence-electron chi connectivity index (χ3n) is 7.52. The number of rotatable bonds is 4. The Kier molecular flexibility index (Phi) is 8.78. The molecule has 0 saturated carbocycles. The fourth-order valence-corrected chi connectivity index (χ4v) is 5.06. The Morgan fingerprint density at radius 2 is 1.64 bits per heavy atom. The lowest BCUT2D eigenvalue weighted by atomic mass is 10.0. The highest BCUT2D eigenvalue weighted by Gasteiger charge is 2.38. The Balaban J connectivity index is 0.000000517. The van der Waals surface area contributed by atoms with Crippen molar-refractivity contribution in [3.63, 3.8) is 0 Å². The minimum atomic E-state index is -5.08. The zero-order valence-corrected chi connectivity index (χ0v) is 22.8. The predicted molar refractivity (Wildman–Crippen MR) is 142 cm³/mol. The van der Waals surface area contributed by atoms with Crippen LogP contribution >= 0.6 is 0 Å². The highest BCUT2D eigenvalue weighted by atomic mass is 19.4. The summed E-state index contributed by atoms with van der Waals surface area (Å²) in [5, 5.41) is 13.7. The quantitative estimate of drug-likeness (QED) is 0.452. The van der Waals surface area contributed by atoms with Crippen molar-refractivity contribution in [1.82, 2.24) is 20.0 Å². The van der Waals surface area contributed by atoms with Crippen LogP contribution in [0, 0.1) is 19.7 Å². The summed E-state index contributed by atoms with van der Waals surface area (Å²) in [7, 11) is 0. The van der Waals surface area contributed by atoms with E-state index in [1.165, 1.54) is 28.2 Å².